The highest BCUT2D eigenvalue weighted by Crippen LogP contribution is 2.45. The molecule has 15 heavy (non-hydrogen) atoms. The minimum atomic E-state index is 0.791. The van der Waals surface area contributed by atoms with Gasteiger partial charge in [-0.2, -0.15) is 0 Å². The highest BCUT2D eigenvalue weighted by molar-refractivity contribution is 5.01. The molecule has 0 bridgehead atoms. The van der Waals surface area contributed by atoms with Gasteiger partial charge in [-0.25, -0.2) is 0 Å². The molecule has 0 heteroatoms. The minimum Gasteiger partial charge on any atom is -0.103 e. The summed E-state index contributed by atoms with van der Waals surface area (Å²) in [5.41, 5.74) is 0. The molecular weight excluding hydrogens is 180 g/mol. The summed E-state index contributed by atoms with van der Waals surface area (Å²) in [5.74, 6) is 4.22. The number of hydrogen-bond donors (Lipinski definition) is 0. The summed E-state index contributed by atoms with van der Waals surface area (Å²) in [6, 6.07) is 0. The van der Waals surface area contributed by atoms with Crippen LogP contribution in [0.15, 0.2) is 24.8 Å². The Morgan fingerprint density at radius 3 is 1.87 bits per heavy atom. The molecule has 0 aromatic heterocycles. The van der Waals surface area contributed by atoms with Gasteiger partial charge in [-0.1, -0.05) is 45.9 Å². The standard InChI is InChI=1S/C15H26/c1-6-7-8-9-10-15-13(4)11(2)12(3)14(15)5/h6,9-15H,1,7-8H2,2-5H3/b10-9+. The van der Waals surface area contributed by atoms with Crippen molar-refractivity contribution in [3.05, 3.63) is 24.8 Å². The van der Waals surface area contributed by atoms with Crippen LogP contribution in [-0.2, 0) is 0 Å². The van der Waals surface area contributed by atoms with E-state index in [1.54, 1.807) is 0 Å². The summed E-state index contributed by atoms with van der Waals surface area (Å²) in [4.78, 5) is 0. The van der Waals surface area contributed by atoms with Crippen LogP contribution in [0.1, 0.15) is 40.5 Å². The molecule has 1 rings (SSSR count). The molecule has 1 saturated carbocycles. The Balaban J connectivity index is 2.54. The first-order chi connectivity index (χ1) is 7.09. The van der Waals surface area contributed by atoms with Gasteiger partial charge in [0.1, 0.15) is 0 Å². The van der Waals surface area contributed by atoms with Crippen LogP contribution in [0.2, 0.25) is 0 Å². The average molecular weight is 206 g/mol. The van der Waals surface area contributed by atoms with E-state index in [9.17, 15) is 0 Å². The summed E-state index contributed by atoms with van der Waals surface area (Å²) < 4.78 is 0. The summed E-state index contributed by atoms with van der Waals surface area (Å²) >= 11 is 0. The molecule has 0 amide bonds. The van der Waals surface area contributed by atoms with Crippen molar-refractivity contribution in [3.8, 4) is 0 Å². The van der Waals surface area contributed by atoms with Gasteiger partial charge in [0, 0.05) is 0 Å². The smallest absolute Gasteiger partial charge is 0.0177 e. The van der Waals surface area contributed by atoms with Crippen LogP contribution in [0, 0.1) is 29.6 Å². The Bertz CT molecular complexity index is 212. The van der Waals surface area contributed by atoms with E-state index in [1.165, 1.54) is 0 Å². The van der Waals surface area contributed by atoms with Crippen molar-refractivity contribution in [1.29, 1.82) is 0 Å². The number of rotatable bonds is 4. The average Bonchev–Trinajstić information content (AvgIpc) is 2.41. The van der Waals surface area contributed by atoms with Crippen LogP contribution in [0.4, 0.5) is 0 Å². The molecule has 0 nitrogen and oxygen atoms in total. The highest BCUT2D eigenvalue weighted by Gasteiger charge is 2.39. The molecule has 86 valence electrons. The first kappa shape index (κ1) is 12.5. The lowest BCUT2D eigenvalue weighted by molar-refractivity contribution is 0.352. The van der Waals surface area contributed by atoms with E-state index in [-0.39, 0.29) is 0 Å². The van der Waals surface area contributed by atoms with Gasteiger partial charge >= 0.3 is 0 Å². The second-order valence-electron chi connectivity index (χ2n) is 5.31. The third-order valence-corrected chi connectivity index (χ3v) is 4.60. The molecule has 0 saturated heterocycles. The van der Waals surface area contributed by atoms with E-state index in [0.717, 1.165) is 42.4 Å². The van der Waals surface area contributed by atoms with E-state index in [1.807, 2.05) is 6.08 Å². The molecule has 4 unspecified atom stereocenters. The third kappa shape index (κ3) is 2.74. The van der Waals surface area contributed by atoms with Crippen molar-refractivity contribution in [2.24, 2.45) is 29.6 Å². The fourth-order valence-corrected chi connectivity index (χ4v) is 2.96. The van der Waals surface area contributed by atoms with Crippen molar-refractivity contribution in [2.75, 3.05) is 0 Å². The summed E-state index contributed by atoms with van der Waals surface area (Å²) in [6.07, 6.45) is 9.07. The lowest BCUT2D eigenvalue weighted by Crippen LogP contribution is -2.09. The predicted molar refractivity (Wildman–Crippen MR) is 68.7 cm³/mol. The van der Waals surface area contributed by atoms with E-state index < -0.39 is 0 Å². The van der Waals surface area contributed by atoms with Gasteiger partial charge in [-0.3, -0.25) is 0 Å². The molecule has 1 aliphatic carbocycles. The maximum Gasteiger partial charge on any atom is -0.0177 e. The molecule has 1 aliphatic rings. The first-order valence-corrected chi connectivity index (χ1v) is 6.37. The lowest BCUT2D eigenvalue weighted by Gasteiger charge is -2.16. The fraction of sp³-hybridized carbons (Fsp3) is 0.733. The maximum absolute atomic E-state index is 3.75. The van der Waals surface area contributed by atoms with Gasteiger partial charge in [-0.15, -0.1) is 6.58 Å². The van der Waals surface area contributed by atoms with Gasteiger partial charge in [0.25, 0.3) is 0 Å². The number of unbranched alkanes of at least 4 members (excludes halogenated alkanes) is 1. The third-order valence-electron chi connectivity index (χ3n) is 4.60. The Labute approximate surface area is 95.5 Å². The van der Waals surface area contributed by atoms with Crippen LogP contribution >= 0.6 is 0 Å². The molecule has 0 heterocycles. The second kappa shape index (κ2) is 5.53. The van der Waals surface area contributed by atoms with Crippen LogP contribution in [0.5, 0.6) is 0 Å². The Morgan fingerprint density at radius 2 is 1.40 bits per heavy atom. The van der Waals surface area contributed by atoms with Crippen molar-refractivity contribution >= 4 is 0 Å². The zero-order valence-corrected chi connectivity index (χ0v) is 10.7. The molecule has 0 radical (unpaired) electrons. The summed E-state index contributed by atoms with van der Waals surface area (Å²) in [7, 11) is 0. The second-order valence-corrected chi connectivity index (χ2v) is 5.31. The van der Waals surface area contributed by atoms with Crippen LogP contribution < -0.4 is 0 Å². The predicted octanol–water partition coefficient (Wildman–Crippen LogP) is 4.68. The quantitative estimate of drug-likeness (QED) is 0.462. The largest absolute Gasteiger partial charge is 0.103 e. The molecule has 4 atom stereocenters. The molecular formula is C15H26. The number of allylic oxidation sites excluding steroid dienone is 3. The van der Waals surface area contributed by atoms with Crippen molar-refractivity contribution < 1.29 is 0 Å². The summed E-state index contributed by atoms with van der Waals surface area (Å²) in [5, 5.41) is 0. The van der Waals surface area contributed by atoms with Crippen LogP contribution in [-0.4, -0.2) is 0 Å². The van der Waals surface area contributed by atoms with E-state index in [0.29, 0.717) is 0 Å². The van der Waals surface area contributed by atoms with Gasteiger partial charge in [0.15, 0.2) is 0 Å². The SMILES string of the molecule is C=CCC/C=C/C1C(C)C(C)C(C)C1C. The minimum absolute atomic E-state index is 0.791. The molecule has 0 aliphatic heterocycles. The van der Waals surface area contributed by atoms with Crippen molar-refractivity contribution in [3.63, 3.8) is 0 Å². The zero-order valence-electron chi connectivity index (χ0n) is 10.7. The van der Waals surface area contributed by atoms with Crippen LogP contribution in [0.25, 0.3) is 0 Å². The normalized spacial score (nSPS) is 41.2. The lowest BCUT2D eigenvalue weighted by atomic mass is 9.89. The van der Waals surface area contributed by atoms with Gasteiger partial charge in [0.05, 0.1) is 0 Å². The topological polar surface area (TPSA) is 0 Å². The maximum atomic E-state index is 3.75. The van der Waals surface area contributed by atoms with Gasteiger partial charge < -0.3 is 0 Å². The van der Waals surface area contributed by atoms with Crippen molar-refractivity contribution in [2.45, 2.75) is 40.5 Å². The Kier molecular flexibility index (Phi) is 4.63. The van der Waals surface area contributed by atoms with E-state index in [2.05, 4.69) is 46.4 Å². The molecule has 0 N–H and O–H groups in total. The van der Waals surface area contributed by atoms with Gasteiger partial charge in [-0.05, 0) is 42.4 Å². The van der Waals surface area contributed by atoms with Crippen molar-refractivity contribution in [1.82, 2.24) is 0 Å². The Morgan fingerprint density at radius 1 is 0.867 bits per heavy atom. The Hall–Kier alpha value is -0.520. The van der Waals surface area contributed by atoms with E-state index >= 15 is 0 Å². The molecule has 1 fully saturated rings. The molecule has 0 aromatic carbocycles. The highest BCUT2D eigenvalue weighted by atomic mass is 14.4. The number of hydrogen-bond acceptors (Lipinski definition) is 0. The monoisotopic (exact) mass is 206 g/mol. The van der Waals surface area contributed by atoms with E-state index in [4.69, 9.17) is 0 Å². The van der Waals surface area contributed by atoms with Crippen LogP contribution in [0.3, 0.4) is 0 Å². The fourth-order valence-electron chi connectivity index (χ4n) is 2.96. The molecule has 0 aromatic rings. The molecule has 0 spiro atoms. The first-order valence-electron chi connectivity index (χ1n) is 6.37. The zero-order chi connectivity index (χ0) is 11.4. The van der Waals surface area contributed by atoms with Gasteiger partial charge in [0.2, 0.25) is 0 Å². The summed E-state index contributed by atoms with van der Waals surface area (Å²) in [6.45, 7) is 13.4.